The van der Waals surface area contributed by atoms with Crippen molar-refractivity contribution in [1.82, 2.24) is 14.5 Å². The van der Waals surface area contributed by atoms with Gasteiger partial charge in [-0.05, 0) is 85.5 Å². The summed E-state index contributed by atoms with van der Waals surface area (Å²) in [4.78, 5) is 11.1. The second kappa shape index (κ2) is 11.3. The summed E-state index contributed by atoms with van der Waals surface area (Å²) in [5, 5.41) is 6.25. The molecule has 4 heteroatoms. The van der Waals surface area contributed by atoms with Crippen molar-refractivity contribution in [3.63, 3.8) is 0 Å². The number of nitrogens with zero attached hydrogens (tertiary/aromatic N) is 3. The van der Waals surface area contributed by atoms with Gasteiger partial charge in [-0.2, -0.15) is 0 Å². The van der Waals surface area contributed by atoms with Crippen LogP contribution in [0.4, 0.5) is 0 Å². The molecule has 0 radical (unpaired) electrons. The summed E-state index contributed by atoms with van der Waals surface area (Å²) in [6.07, 6.45) is 0.995. The summed E-state index contributed by atoms with van der Waals surface area (Å²) in [6.45, 7) is 0. The third kappa shape index (κ3) is 4.11. The third-order valence-corrected chi connectivity index (χ3v) is 13.5. The van der Waals surface area contributed by atoms with E-state index in [1.165, 1.54) is 76.3 Å². The lowest BCUT2D eigenvalue weighted by atomic mass is 9.66. The van der Waals surface area contributed by atoms with E-state index in [9.17, 15) is 0 Å². The molecule has 0 aliphatic heterocycles. The van der Waals surface area contributed by atoms with Crippen LogP contribution in [0.3, 0.4) is 0 Å². The second-order valence-electron chi connectivity index (χ2n) is 15.2. The predicted octanol–water partition coefficient (Wildman–Crippen LogP) is 13.8. The van der Waals surface area contributed by atoms with Gasteiger partial charge in [0.1, 0.15) is 0 Å². The lowest BCUT2D eigenvalue weighted by molar-refractivity contribution is 0.785. The largest absolute Gasteiger partial charge is 0.278 e. The van der Waals surface area contributed by atoms with E-state index in [0.717, 1.165) is 44.3 Å². The molecule has 3 aromatic heterocycles. The molecule has 0 spiro atoms. The number of thiophene rings is 1. The van der Waals surface area contributed by atoms with Gasteiger partial charge >= 0.3 is 0 Å². The monoisotopic (exact) mass is 729 g/mol. The Labute approximate surface area is 326 Å². The average Bonchev–Trinajstić information content (AvgIpc) is 3.81. The molecule has 11 aromatic rings. The second-order valence-corrected chi connectivity index (χ2v) is 16.3. The van der Waals surface area contributed by atoms with E-state index in [2.05, 4.69) is 174 Å². The van der Waals surface area contributed by atoms with E-state index in [-0.39, 0.29) is 0 Å². The number of benzene rings is 8. The van der Waals surface area contributed by atoms with Crippen LogP contribution in [0.5, 0.6) is 0 Å². The average molecular weight is 730 g/mol. The van der Waals surface area contributed by atoms with Gasteiger partial charge in [0.05, 0.1) is 26.9 Å². The van der Waals surface area contributed by atoms with Crippen LogP contribution >= 0.6 is 11.3 Å². The van der Waals surface area contributed by atoms with Crippen LogP contribution in [0.15, 0.2) is 170 Å². The minimum Gasteiger partial charge on any atom is -0.278 e. The number of hydrogen-bond acceptors (Lipinski definition) is 3. The van der Waals surface area contributed by atoms with Gasteiger partial charge in [0.2, 0.25) is 5.95 Å². The normalized spacial score (nSPS) is 14.2. The molecule has 8 aromatic carbocycles. The molecule has 0 amide bonds. The van der Waals surface area contributed by atoms with Crippen molar-refractivity contribution in [1.29, 1.82) is 0 Å². The maximum absolute atomic E-state index is 5.59. The number of rotatable bonds is 3. The van der Waals surface area contributed by atoms with Crippen molar-refractivity contribution in [2.75, 3.05) is 0 Å². The SMILES string of the molecule is c1ccc(-c2ccc(-c3nc(-n4c5ccccc5c5c6c7c(cc54)-c4c(ccc5ccccc45)C(C7)c4ccccc4-6)nc4c3sc3ccccc34)cc2)cc1. The van der Waals surface area contributed by atoms with Gasteiger partial charge in [-0.25, -0.2) is 9.97 Å². The third-order valence-electron chi connectivity index (χ3n) is 12.4. The Bertz CT molecular complexity index is 3450. The Hall–Kier alpha value is -6.88. The van der Waals surface area contributed by atoms with E-state index in [1.807, 2.05) is 0 Å². The first kappa shape index (κ1) is 30.4. The van der Waals surface area contributed by atoms with E-state index in [4.69, 9.17) is 9.97 Å². The molecule has 0 saturated heterocycles. The van der Waals surface area contributed by atoms with Crippen molar-refractivity contribution < 1.29 is 0 Å². The van der Waals surface area contributed by atoms with Crippen LogP contribution < -0.4 is 0 Å². The highest BCUT2D eigenvalue weighted by Gasteiger charge is 2.37. The van der Waals surface area contributed by atoms with Crippen molar-refractivity contribution in [2.45, 2.75) is 12.3 Å². The predicted molar refractivity (Wildman–Crippen MR) is 234 cm³/mol. The topological polar surface area (TPSA) is 30.7 Å². The fourth-order valence-corrected chi connectivity index (χ4v) is 11.1. The molecule has 3 nitrogen and oxygen atoms in total. The summed E-state index contributed by atoms with van der Waals surface area (Å²) >= 11 is 1.78. The van der Waals surface area contributed by atoms with Crippen molar-refractivity contribution >= 4 is 64.2 Å². The molecule has 0 N–H and O–H groups in total. The zero-order valence-electron chi connectivity index (χ0n) is 30.2. The molecular weight excluding hydrogens is 699 g/mol. The maximum Gasteiger partial charge on any atom is 0.235 e. The fraction of sp³-hybridized carbons (Fsp3) is 0.0385. The fourth-order valence-electron chi connectivity index (χ4n) is 9.94. The molecule has 2 bridgehead atoms. The summed E-state index contributed by atoms with van der Waals surface area (Å²) in [5.41, 5.74) is 17.3. The standard InChI is InChI=1S/C52H31N3S/c1-2-12-30(13-3-1)31-22-24-33(25-23-31)49-51-50(39-19-9-11-21-45(39)56-51)54-52(53-49)55-43-20-10-8-18-38(43)48-44(55)29-42-41-28-40(35-16-6-7-17-36(35)47(41)48)37-27-26-32-14-4-5-15-34(32)46(37)42/h1-27,29,40H,28H2. The molecule has 0 saturated carbocycles. The van der Waals surface area contributed by atoms with Crippen LogP contribution in [0.2, 0.25) is 0 Å². The van der Waals surface area contributed by atoms with Crippen molar-refractivity contribution in [3.05, 3.63) is 187 Å². The first-order valence-electron chi connectivity index (χ1n) is 19.3. The minimum absolute atomic E-state index is 0.324. The van der Waals surface area contributed by atoms with Gasteiger partial charge in [0.25, 0.3) is 0 Å². The molecule has 260 valence electrons. The van der Waals surface area contributed by atoms with Gasteiger partial charge in [-0.1, -0.05) is 152 Å². The summed E-state index contributed by atoms with van der Waals surface area (Å²) in [5.74, 6) is 1.02. The number of aromatic nitrogens is 3. The summed E-state index contributed by atoms with van der Waals surface area (Å²) in [6, 6.07) is 62.2. The summed E-state index contributed by atoms with van der Waals surface area (Å²) < 4.78 is 4.67. The van der Waals surface area contributed by atoms with Gasteiger partial charge in [-0.3, -0.25) is 4.57 Å². The first-order valence-corrected chi connectivity index (χ1v) is 20.2. The Morgan fingerprint density at radius 3 is 2.12 bits per heavy atom. The molecular formula is C52H31N3S. The van der Waals surface area contributed by atoms with Gasteiger partial charge in [0, 0.05) is 32.3 Å². The van der Waals surface area contributed by atoms with Crippen LogP contribution in [0.1, 0.15) is 22.6 Å². The smallest absolute Gasteiger partial charge is 0.235 e. The van der Waals surface area contributed by atoms with Crippen LogP contribution in [-0.4, -0.2) is 14.5 Å². The Morgan fingerprint density at radius 1 is 0.518 bits per heavy atom. The molecule has 56 heavy (non-hydrogen) atoms. The van der Waals surface area contributed by atoms with Gasteiger partial charge in [0.15, 0.2) is 0 Å². The van der Waals surface area contributed by atoms with E-state index < -0.39 is 0 Å². The van der Waals surface area contributed by atoms with Crippen molar-refractivity contribution in [3.8, 4) is 50.6 Å². The first-order chi connectivity index (χ1) is 27.8. The zero-order valence-corrected chi connectivity index (χ0v) is 31.0. The number of hydrogen-bond donors (Lipinski definition) is 0. The molecule has 2 aliphatic rings. The Kier molecular flexibility index (Phi) is 6.16. The van der Waals surface area contributed by atoms with Gasteiger partial charge < -0.3 is 0 Å². The molecule has 3 heterocycles. The van der Waals surface area contributed by atoms with Crippen molar-refractivity contribution in [2.24, 2.45) is 0 Å². The molecule has 1 unspecified atom stereocenters. The molecule has 2 aliphatic carbocycles. The highest BCUT2D eigenvalue weighted by molar-refractivity contribution is 7.26. The number of para-hydroxylation sites is 1. The highest BCUT2D eigenvalue weighted by atomic mass is 32.1. The Morgan fingerprint density at radius 2 is 1.23 bits per heavy atom. The minimum atomic E-state index is 0.324. The van der Waals surface area contributed by atoms with E-state index >= 15 is 0 Å². The summed E-state index contributed by atoms with van der Waals surface area (Å²) in [7, 11) is 0. The molecule has 13 rings (SSSR count). The highest BCUT2D eigenvalue weighted by Crippen LogP contribution is 2.57. The van der Waals surface area contributed by atoms with E-state index in [0.29, 0.717) is 11.9 Å². The van der Waals surface area contributed by atoms with Crippen LogP contribution in [0, 0.1) is 0 Å². The van der Waals surface area contributed by atoms with Crippen LogP contribution in [-0.2, 0) is 6.42 Å². The lowest BCUT2D eigenvalue weighted by Gasteiger charge is -2.37. The quantitative estimate of drug-likeness (QED) is 0.181. The number of fused-ring (bicyclic) bond motifs is 16. The molecule has 1 atom stereocenters. The van der Waals surface area contributed by atoms with Crippen LogP contribution in [0.25, 0.3) is 103 Å². The van der Waals surface area contributed by atoms with E-state index in [1.54, 1.807) is 11.3 Å². The maximum atomic E-state index is 5.59. The van der Waals surface area contributed by atoms with Gasteiger partial charge in [-0.15, -0.1) is 11.3 Å². The Balaban J connectivity index is 1.16. The lowest BCUT2D eigenvalue weighted by Crippen LogP contribution is -2.19. The molecule has 0 fully saturated rings. The zero-order chi connectivity index (χ0) is 36.5.